The topological polar surface area (TPSA) is 36.6 Å². The number of furan rings is 1. The lowest BCUT2D eigenvalue weighted by molar-refractivity contribution is 0.158. The van der Waals surface area contributed by atoms with Gasteiger partial charge in [0.2, 0.25) is 0 Å². The van der Waals surface area contributed by atoms with Gasteiger partial charge in [0, 0.05) is 17.6 Å². The Morgan fingerprint density at radius 2 is 1.90 bits per heavy atom. The SMILES string of the molecule is OC(CN1CCc2ccccc21)c1cc2ccccc2o1. The van der Waals surface area contributed by atoms with Crippen LogP contribution in [0.25, 0.3) is 11.0 Å². The minimum Gasteiger partial charge on any atom is -0.458 e. The van der Waals surface area contributed by atoms with Crippen molar-refractivity contribution >= 4 is 16.7 Å². The summed E-state index contributed by atoms with van der Waals surface area (Å²) in [5, 5.41) is 11.5. The third kappa shape index (κ3) is 2.20. The molecule has 1 aliphatic heterocycles. The van der Waals surface area contributed by atoms with Gasteiger partial charge in [0.25, 0.3) is 0 Å². The van der Waals surface area contributed by atoms with Gasteiger partial charge in [0.15, 0.2) is 0 Å². The number of β-amino-alcohol motifs (C(OH)–C–C–N with tert-alkyl or cyclic N) is 1. The Labute approximate surface area is 123 Å². The van der Waals surface area contributed by atoms with Crippen LogP contribution in [0.4, 0.5) is 5.69 Å². The number of hydrogen-bond donors (Lipinski definition) is 1. The van der Waals surface area contributed by atoms with Crippen LogP contribution in [-0.4, -0.2) is 18.2 Å². The smallest absolute Gasteiger partial charge is 0.135 e. The average Bonchev–Trinajstić information content (AvgIpc) is 3.11. The highest BCUT2D eigenvalue weighted by atomic mass is 16.4. The fourth-order valence-corrected chi connectivity index (χ4v) is 3.06. The highest BCUT2D eigenvalue weighted by molar-refractivity contribution is 5.77. The summed E-state index contributed by atoms with van der Waals surface area (Å²) in [5.41, 5.74) is 3.41. The van der Waals surface area contributed by atoms with Crippen molar-refractivity contribution in [3.63, 3.8) is 0 Å². The fraction of sp³-hybridized carbons (Fsp3) is 0.222. The first-order valence-electron chi connectivity index (χ1n) is 7.31. The van der Waals surface area contributed by atoms with Crippen LogP contribution in [-0.2, 0) is 6.42 Å². The van der Waals surface area contributed by atoms with Crippen LogP contribution in [0.15, 0.2) is 59.0 Å². The summed E-state index contributed by atoms with van der Waals surface area (Å²) >= 11 is 0. The summed E-state index contributed by atoms with van der Waals surface area (Å²) in [6, 6.07) is 18.2. The molecule has 2 heterocycles. The first kappa shape index (κ1) is 12.5. The second-order valence-corrected chi connectivity index (χ2v) is 5.53. The molecule has 1 unspecified atom stereocenters. The van der Waals surface area contributed by atoms with Crippen molar-refractivity contribution in [3.8, 4) is 0 Å². The number of nitrogens with zero attached hydrogens (tertiary/aromatic N) is 1. The molecule has 3 heteroatoms. The van der Waals surface area contributed by atoms with Gasteiger partial charge in [-0.1, -0.05) is 36.4 Å². The van der Waals surface area contributed by atoms with Gasteiger partial charge >= 0.3 is 0 Å². The molecule has 0 fully saturated rings. The summed E-state index contributed by atoms with van der Waals surface area (Å²) in [5.74, 6) is 0.639. The van der Waals surface area contributed by atoms with Gasteiger partial charge < -0.3 is 14.4 Å². The molecule has 1 N–H and O–H groups in total. The second-order valence-electron chi connectivity index (χ2n) is 5.53. The van der Waals surface area contributed by atoms with Gasteiger partial charge in [-0.3, -0.25) is 0 Å². The monoisotopic (exact) mass is 279 g/mol. The molecular weight excluding hydrogens is 262 g/mol. The Kier molecular flexibility index (Phi) is 2.93. The lowest BCUT2D eigenvalue weighted by Crippen LogP contribution is -2.26. The van der Waals surface area contributed by atoms with Crippen molar-refractivity contribution in [2.24, 2.45) is 0 Å². The number of anilines is 1. The molecular formula is C18H17NO2. The minimum absolute atomic E-state index is 0.566. The van der Waals surface area contributed by atoms with E-state index in [2.05, 4.69) is 23.1 Å². The fourth-order valence-electron chi connectivity index (χ4n) is 3.06. The Balaban J connectivity index is 1.57. The van der Waals surface area contributed by atoms with Gasteiger partial charge in [-0.25, -0.2) is 0 Å². The number of fused-ring (bicyclic) bond motifs is 2. The Morgan fingerprint density at radius 3 is 2.81 bits per heavy atom. The molecule has 3 nitrogen and oxygen atoms in total. The molecule has 0 saturated heterocycles. The molecule has 0 saturated carbocycles. The molecule has 1 atom stereocenters. The number of hydrogen-bond acceptors (Lipinski definition) is 3. The minimum atomic E-state index is -0.608. The van der Waals surface area contributed by atoms with E-state index < -0.39 is 6.10 Å². The van der Waals surface area contributed by atoms with Gasteiger partial charge in [-0.15, -0.1) is 0 Å². The normalized spacial score (nSPS) is 15.4. The molecule has 1 aliphatic rings. The zero-order valence-electron chi connectivity index (χ0n) is 11.7. The van der Waals surface area contributed by atoms with Crippen molar-refractivity contribution in [3.05, 3.63) is 65.9 Å². The van der Waals surface area contributed by atoms with Crippen molar-refractivity contribution in [2.45, 2.75) is 12.5 Å². The highest BCUT2D eigenvalue weighted by Crippen LogP contribution is 2.30. The van der Waals surface area contributed by atoms with Crippen LogP contribution in [0, 0.1) is 0 Å². The summed E-state index contributed by atoms with van der Waals surface area (Å²) in [6.45, 7) is 1.52. The third-order valence-electron chi connectivity index (χ3n) is 4.15. The maximum atomic E-state index is 10.5. The zero-order valence-corrected chi connectivity index (χ0v) is 11.7. The van der Waals surface area contributed by atoms with Crippen molar-refractivity contribution in [1.29, 1.82) is 0 Å². The van der Waals surface area contributed by atoms with Crippen molar-refractivity contribution in [2.75, 3.05) is 18.0 Å². The summed E-state index contributed by atoms with van der Waals surface area (Å²) in [7, 11) is 0. The average molecular weight is 279 g/mol. The van der Waals surface area contributed by atoms with E-state index in [1.54, 1.807) is 0 Å². The first-order valence-corrected chi connectivity index (χ1v) is 7.31. The molecule has 0 bridgehead atoms. The van der Waals surface area contributed by atoms with Gasteiger partial charge in [-0.05, 0) is 30.2 Å². The first-order chi connectivity index (χ1) is 10.3. The van der Waals surface area contributed by atoms with Crippen LogP contribution < -0.4 is 4.90 Å². The molecule has 21 heavy (non-hydrogen) atoms. The van der Waals surface area contributed by atoms with E-state index in [4.69, 9.17) is 4.42 Å². The molecule has 106 valence electrons. The number of para-hydroxylation sites is 2. The van der Waals surface area contributed by atoms with Crippen LogP contribution in [0.1, 0.15) is 17.4 Å². The van der Waals surface area contributed by atoms with E-state index in [1.165, 1.54) is 11.3 Å². The summed E-state index contributed by atoms with van der Waals surface area (Å²) in [6.07, 6.45) is 0.437. The van der Waals surface area contributed by atoms with Crippen LogP contribution in [0.3, 0.4) is 0 Å². The number of rotatable bonds is 3. The lowest BCUT2D eigenvalue weighted by atomic mass is 10.2. The van der Waals surface area contributed by atoms with E-state index >= 15 is 0 Å². The third-order valence-corrected chi connectivity index (χ3v) is 4.15. The van der Waals surface area contributed by atoms with E-state index in [-0.39, 0.29) is 0 Å². The number of aliphatic hydroxyl groups excluding tert-OH is 1. The Hall–Kier alpha value is -2.26. The predicted octanol–water partition coefficient (Wildman–Crippen LogP) is 3.53. The summed E-state index contributed by atoms with van der Waals surface area (Å²) in [4.78, 5) is 2.23. The predicted molar refractivity (Wildman–Crippen MR) is 83.5 cm³/mol. The van der Waals surface area contributed by atoms with Gasteiger partial charge in [0.1, 0.15) is 17.4 Å². The maximum Gasteiger partial charge on any atom is 0.135 e. The summed E-state index contributed by atoms with van der Waals surface area (Å²) < 4.78 is 5.75. The van der Waals surface area contributed by atoms with Gasteiger partial charge in [0.05, 0.1) is 6.54 Å². The zero-order chi connectivity index (χ0) is 14.2. The maximum absolute atomic E-state index is 10.5. The molecule has 3 aromatic rings. The molecule has 0 aliphatic carbocycles. The highest BCUT2D eigenvalue weighted by Gasteiger charge is 2.23. The van der Waals surface area contributed by atoms with Crippen molar-refractivity contribution in [1.82, 2.24) is 0 Å². The van der Waals surface area contributed by atoms with Crippen LogP contribution in [0.5, 0.6) is 0 Å². The van der Waals surface area contributed by atoms with Crippen LogP contribution >= 0.6 is 0 Å². The van der Waals surface area contributed by atoms with Crippen LogP contribution in [0.2, 0.25) is 0 Å². The molecule has 2 aromatic carbocycles. The molecule has 4 rings (SSSR count). The molecule has 0 amide bonds. The number of aliphatic hydroxyl groups is 1. The molecule has 1 aromatic heterocycles. The van der Waals surface area contributed by atoms with Gasteiger partial charge in [-0.2, -0.15) is 0 Å². The lowest BCUT2D eigenvalue weighted by Gasteiger charge is -2.21. The largest absolute Gasteiger partial charge is 0.458 e. The number of benzene rings is 2. The van der Waals surface area contributed by atoms with E-state index in [1.807, 2.05) is 36.4 Å². The second kappa shape index (κ2) is 4.93. The van der Waals surface area contributed by atoms with E-state index in [0.717, 1.165) is 23.9 Å². The Morgan fingerprint density at radius 1 is 1.10 bits per heavy atom. The van der Waals surface area contributed by atoms with Crippen molar-refractivity contribution < 1.29 is 9.52 Å². The van der Waals surface area contributed by atoms with E-state index in [9.17, 15) is 5.11 Å². The Bertz CT molecular complexity index is 744. The van der Waals surface area contributed by atoms with E-state index in [0.29, 0.717) is 12.3 Å². The quantitative estimate of drug-likeness (QED) is 0.797. The standard InChI is InChI=1S/C18H17NO2/c20-16(18-11-14-6-2-4-8-17(14)21-18)12-19-10-9-13-5-1-3-7-15(13)19/h1-8,11,16,20H,9-10,12H2. The molecule has 0 spiro atoms. The molecule has 0 radical (unpaired) electrons.